The van der Waals surface area contributed by atoms with Crippen molar-refractivity contribution in [3.63, 3.8) is 0 Å². The van der Waals surface area contributed by atoms with Gasteiger partial charge < -0.3 is 5.11 Å². The summed E-state index contributed by atoms with van der Waals surface area (Å²) in [6, 6.07) is 1.99. The summed E-state index contributed by atoms with van der Waals surface area (Å²) in [5.41, 5.74) is -3.85. The molecule has 0 aliphatic rings. The first-order valence-electron chi connectivity index (χ1n) is 6.73. The molecule has 0 bridgehead atoms. The van der Waals surface area contributed by atoms with E-state index in [4.69, 9.17) is 0 Å². The molecule has 0 amide bonds. The number of hydrogen-bond donors (Lipinski definition) is 1. The number of aliphatic hydroxyl groups is 1. The standard InChI is InChI=1S/C14H9BrF4N4OS/c15-11-4-25-12(22-11)14(18,19)13(24,5-23-7-20-6-21-23)9-2-1-8(16)3-10(9)17/h1-4,6-7,24H,5H2. The van der Waals surface area contributed by atoms with Gasteiger partial charge in [-0.15, -0.1) is 11.3 Å². The summed E-state index contributed by atoms with van der Waals surface area (Å²) < 4.78 is 58.7. The van der Waals surface area contributed by atoms with Gasteiger partial charge in [0.25, 0.3) is 0 Å². The zero-order valence-electron chi connectivity index (χ0n) is 12.2. The average Bonchev–Trinajstić information content (AvgIpc) is 3.18. The fraction of sp³-hybridized carbons (Fsp3) is 0.214. The summed E-state index contributed by atoms with van der Waals surface area (Å²) in [7, 11) is 0. The summed E-state index contributed by atoms with van der Waals surface area (Å²) in [5.74, 6) is -6.25. The van der Waals surface area contributed by atoms with E-state index in [9.17, 15) is 13.9 Å². The molecule has 3 rings (SSSR count). The van der Waals surface area contributed by atoms with Crippen LogP contribution < -0.4 is 0 Å². The number of hydrogen-bond acceptors (Lipinski definition) is 5. The largest absolute Gasteiger partial charge is 0.377 e. The van der Waals surface area contributed by atoms with Gasteiger partial charge in [-0.2, -0.15) is 13.9 Å². The maximum absolute atomic E-state index is 15.1. The molecule has 0 fully saturated rings. The first-order valence-corrected chi connectivity index (χ1v) is 8.41. The molecule has 2 aromatic heterocycles. The molecule has 0 saturated heterocycles. The van der Waals surface area contributed by atoms with Crippen molar-refractivity contribution >= 4 is 27.3 Å². The van der Waals surface area contributed by atoms with Crippen LogP contribution in [0, 0.1) is 11.6 Å². The van der Waals surface area contributed by atoms with E-state index in [1.807, 2.05) is 0 Å². The molecular weight excluding hydrogens is 428 g/mol. The molecule has 11 heteroatoms. The Morgan fingerprint density at radius 2 is 2.04 bits per heavy atom. The van der Waals surface area contributed by atoms with E-state index in [-0.39, 0.29) is 4.60 Å². The van der Waals surface area contributed by atoms with Crippen LogP contribution in [0.15, 0.2) is 40.8 Å². The van der Waals surface area contributed by atoms with E-state index in [1.54, 1.807) is 0 Å². The fourth-order valence-electron chi connectivity index (χ4n) is 2.30. The van der Waals surface area contributed by atoms with E-state index in [0.717, 1.165) is 29.5 Å². The molecule has 0 aliphatic heterocycles. The van der Waals surface area contributed by atoms with E-state index < -0.39 is 40.3 Å². The number of thiazole rings is 1. The zero-order chi connectivity index (χ0) is 18.2. The molecule has 5 nitrogen and oxygen atoms in total. The van der Waals surface area contributed by atoms with Gasteiger partial charge in [-0.05, 0) is 28.1 Å². The van der Waals surface area contributed by atoms with Gasteiger partial charge in [0.05, 0.1) is 6.54 Å². The normalized spacial score (nSPS) is 14.5. The number of aromatic nitrogens is 4. The summed E-state index contributed by atoms with van der Waals surface area (Å²) in [6.45, 7) is -0.820. The SMILES string of the molecule is OC(Cn1cncn1)(c1ccc(F)cc1F)C(F)(F)c1nc(Br)cs1. The molecule has 1 atom stereocenters. The smallest absolute Gasteiger partial charge is 0.332 e. The van der Waals surface area contributed by atoms with Gasteiger partial charge >= 0.3 is 5.92 Å². The Hall–Kier alpha value is -1.85. The zero-order valence-corrected chi connectivity index (χ0v) is 14.6. The molecular formula is C14H9BrF4N4OS. The molecule has 3 aromatic rings. The molecule has 0 saturated carbocycles. The Kier molecular flexibility index (Phi) is 4.64. The highest BCUT2D eigenvalue weighted by atomic mass is 79.9. The van der Waals surface area contributed by atoms with Gasteiger partial charge in [0.15, 0.2) is 10.6 Å². The number of nitrogens with zero attached hydrogens (tertiary/aromatic N) is 4. The van der Waals surface area contributed by atoms with Crippen LogP contribution >= 0.6 is 27.3 Å². The third kappa shape index (κ3) is 3.18. The minimum atomic E-state index is -3.99. The predicted octanol–water partition coefficient (Wildman–Crippen LogP) is 3.46. The molecule has 2 heterocycles. The maximum atomic E-state index is 15.1. The second-order valence-corrected chi connectivity index (χ2v) is 6.80. The van der Waals surface area contributed by atoms with Crippen LogP contribution in [0.5, 0.6) is 0 Å². The Balaban J connectivity index is 2.17. The van der Waals surface area contributed by atoms with Crippen LogP contribution in [0.2, 0.25) is 0 Å². The molecule has 1 N–H and O–H groups in total. The quantitative estimate of drug-likeness (QED) is 0.622. The molecule has 0 spiro atoms. The number of rotatable bonds is 5. The lowest BCUT2D eigenvalue weighted by Gasteiger charge is -2.35. The summed E-state index contributed by atoms with van der Waals surface area (Å²) in [6.07, 6.45) is 2.18. The molecule has 1 unspecified atom stereocenters. The van der Waals surface area contributed by atoms with Crippen molar-refractivity contribution in [2.75, 3.05) is 0 Å². The second kappa shape index (κ2) is 6.46. The monoisotopic (exact) mass is 436 g/mol. The van der Waals surface area contributed by atoms with Crippen molar-refractivity contribution in [2.45, 2.75) is 18.1 Å². The van der Waals surface area contributed by atoms with Crippen molar-refractivity contribution < 1.29 is 22.7 Å². The highest BCUT2D eigenvalue weighted by Gasteiger charge is 2.58. The second-order valence-electron chi connectivity index (χ2n) is 5.13. The molecule has 0 aliphatic carbocycles. The van der Waals surface area contributed by atoms with Gasteiger partial charge in [-0.3, -0.25) is 0 Å². The van der Waals surface area contributed by atoms with Crippen molar-refractivity contribution in [2.24, 2.45) is 0 Å². The van der Waals surface area contributed by atoms with Gasteiger partial charge in [0, 0.05) is 17.0 Å². The van der Waals surface area contributed by atoms with Crippen molar-refractivity contribution in [1.82, 2.24) is 19.7 Å². The maximum Gasteiger partial charge on any atom is 0.332 e. The number of alkyl halides is 2. The number of benzene rings is 1. The van der Waals surface area contributed by atoms with Crippen molar-refractivity contribution in [3.05, 3.63) is 63.0 Å². The van der Waals surface area contributed by atoms with Crippen LogP contribution in [0.1, 0.15) is 10.6 Å². The lowest BCUT2D eigenvalue weighted by atomic mass is 9.86. The Morgan fingerprint density at radius 3 is 2.60 bits per heavy atom. The molecule has 1 aromatic carbocycles. The lowest BCUT2D eigenvalue weighted by molar-refractivity contribution is -0.205. The van der Waals surface area contributed by atoms with E-state index in [1.165, 1.54) is 5.38 Å². The Bertz CT molecular complexity index is 889. The lowest BCUT2D eigenvalue weighted by Crippen LogP contribution is -2.47. The van der Waals surface area contributed by atoms with Crippen molar-refractivity contribution in [1.29, 1.82) is 0 Å². The van der Waals surface area contributed by atoms with Gasteiger partial charge in [0.2, 0.25) is 0 Å². The van der Waals surface area contributed by atoms with Crippen LogP contribution in [-0.2, 0) is 18.1 Å². The molecule has 25 heavy (non-hydrogen) atoms. The van der Waals surface area contributed by atoms with E-state index >= 15 is 8.78 Å². The highest BCUT2D eigenvalue weighted by molar-refractivity contribution is 9.10. The van der Waals surface area contributed by atoms with E-state index in [0.29, 0.717) is 17.4 Å². The van der Waals surface area contributed by atoms with Crippen LogP contribution in [-0.4, -0.2) is 24.9 Å². The molecule has 0 radical (unpaired) electrons. The Morgan fingerprint density at radius 1 is 1.28 bits per heavy atom. The van der Waals surface area contributed by atoms with Gasteiger partial charge in [-0.1, -0.05) is 0 Å². The number of halogens is 5. The first kappa shape index (κ1) is 18.0. The average molecular weight is 437 g/mol. The van der Waals surface area contributed by atoms with Crippen molar-refractivity contribution in [3.8, 4) is 0 Å². The minimum absolute atomic E-state index is 0.148. The topological polar surface area (TPSA) is 63.8 Å². The summed E-state index contributed by atoms with van der Waals surface area (Å²) in [4.78, 5) is 7.25. The van der Waals surface area contributed by atoms with Gasteiger partial charge in [-0.25, -0.2) is 23.4 Å². The first-order chi connectivity index (χ1) is 11.7. The Labute approximate surface area is 151 Å². The summed E-state index contributed by atoms with van der Waals surface area (Å²) in [5, 5.41) is 15.1. The van der Waals surface area contributed by atoms with Crippen LogP contribution in [0.25, 0.3) is 0 Å². The highest BCUT2D eigenvalue weighted by Crippen LogP contribution is 2.48. The molecule has 132 valence electrons. The van der Waals surface area contributed by atoms with Gasteiger partial charge in [0.1, 0.15) is 28.9 Å². The van der Waals surface area contributed by atoms with E-state index in [2.05, 4.69) is 31.0 Å². The summed E-state index contributed by atoms with van der Waals surface area (Å²) >= 11 is 3.56. The minimum Gasteiger partial charge on any atom is -0.377 e. The third-order valence-electron chi connectivity index (χ3n) is 3.50. The van der Waals surface area contributed by atoms with Crippen LogP contribution in [0.3, 0.4) is 0 Å². The third-order valence-corrected chi connectivity index (χ3v) is 5.12. The predicted molar refractivity (Wildman–Crippen MR) is 84.0 cm³/mol. The van der Waals surface area contributed by atoms with Crippen LogP contribution in [0.4, 0.5) is 17.6 Å². The fourth-order valence-corrected chi connectivity index (χ4v) is 3.61.